The molecule has 3 aromatic rings. The monoisotopic (exact) mass is 334 g/mol. The van der Waals surface area contributed by atoms with Gasteiger partial charge in [0.2, 0.25) is 0 Å². The van der Waals surface area contributed by atoms with Crippen molar-refractivity contribution in [1.29, 1.82) is 0 Å². The Morgan fingerprint density at radius 1 is 1.26 bits per heavy atom. The number of hydrogen-bond acceptors (Lipinski definition) is 4. The lowest BCUT2D eigenvalue weighted by atomic mass is 10.1. The van der Waals surface area contributed by atoms with Gasteiger partial charge in [-0.05, 0) is 23.8 Å². The molecule has 0 aliphatic rings. The third-order valence-electron chi connectivity index (χ3n) is 3.16. The van der Waals surface area contributed by atoms with Gasteiger partial charge in [-0.15, -0.1) is 0 Å². The van der Waals surface area contributed by atoms with E-state index < -0.39 is 11.6 Å². The van der Waals surface area contributed by atoms with Gasteiger partial charge < -0.3 is 4.74 Å². The van der Waals surface area contributed by atoms with Gasteiger partial charge in [0, 0.05) is 18.7 Å². The Labute approximate surface area is 134 Å². The van der Waals surface area contributed by atoms with Crippen LogP contribution in [0.3, 0.4) is 0 Å². The summed E-state index contributed by atoms with van der Waals surface area (Å²) in [6.07, 6.45) is 0. The highest BCUT2D eigenvalue weighted by Crippen LogP contribution is 2.28. The van der Waals surface area contributed by atoms with Crippen molar-refractivity contribution >= 4 is 32.6 Å². The average Bonchev–Trinajstić information content (AvgIpc) is 2.91. The molecule has 0 radical (unpaired) electrons. The van der Waals surface area contributed by atoms with Crippen LogP contribution in [0.4, 0.5) is 13.9 Å². The number of methoxy groups -OCH3 is 1. The zero-order chi connectivity index (χ0) is 16.4. The molecule has 0 fully saturated rings. The number of hydrogen-bond donors (Lipinski definition) is 1. The number of benzene rings is 2. The predicted octanol–water partition coefficient (Wildman–Crippen LogP) is 3.97. The lowest BCUT2D eigenvalue weighted by Crippen LogP contribution is -2.11. The third kappa shape index (κ3) is 3.35. The van der Waals surface area contributed by atoms with Crippen LogP contribution in [0, 0.1) is 11.6 Å². The van der Waals surface area contributed by atoms with Crippen LogP contribution in [0.2, 0.25) is 0 Å². The number of nitrogens with zero attached hydrogens (tertiary/aromatic N) is 1. The Morgan fingerprint density at radius 3 is 2.70 bits per heavy atom. The SMILES string of the molecule is COCc1ccc(C(=O)Nc2nc3c(F)cc(F)cc3s2)cc1. The maximum absolute atomic E-state index is 13.6. The minimum Gasteiger partial charge on any atom is -0.380 e. The van der Waals surface area contributed by atoms with Crippen molar-refractivity contribution in [2.24, 2.45) is 0 Å². The highest BCUT2D eigenvalue weighted by molar-refractivity contribution is 7.22. The fourth-order valence-corrected chi connectivity index (χ4v) is 3.00. The van der Waals surface area contributed by atoms with Crippen LogP contribution >= 0.6 is 11.3 Å². The summed E-state index contributed by atoms with van der Waals surface area (Å²) < 4.78 is 32.1. The molecule has 7 heteroatoms. The number of carbonyl (C=O) groups excluding carboxylic acids is 1. The summed E-state index contributed by atoms with van der Waals surface area (Å²) in [5.74, 6) is -1.79. The normalized spacial score (nSPS) is 10.9. The van der Waals surface area contributed by atoms with Crippen molar-refractivity contribution in [2.45, 2.75) is 6.61 Å². The molecule has 1 heterocycles. The van der Waals surface area contributed by atoms with Crippen molar-refractivity contribution < 1.29 is 18.3 Å². The number of amides is 1. The standard InChI is InChI=1S/C16H12F2N2O2S/c1-22-8-9-2-4-10(5-3-9)15(21)20-16-19-14-12(18)6-11(17)7-13(14)23-16/h2-7H,8H2,1H3,(H,19,20,21). The van der Waals surface area contributed by atoms with Gasteiger partial charge in [0.15, 0.2) is 10.9 Å². The molecule has 1 amide bonds. The number of nitrogens with one attached hydrogen (secondary N) is 1. The fourth-order valence-electron chi connectivity index (χ4n) is 2.10. The molecule has 23 heavy (non-hydrogen) atoms. The first-order chi connectivity index (χ1) is 11.1. The summed E-state index contributed by atoms with van der Waals surface area (Å²) in [4.78, 5) is 16.2. The van der Waals surface area contributed by atoms with Gasteiger partial charge >= 0.3 is 0 Å². The summed E-state index contributed by atoms with van der Waals surface area (Å²) in [5, 5.41) is 2.81. The maximum atomic E-state index is 13.6. The number of aromatic nitrogens is 1. The van der Waals surface area contributed by atoms with Crippen molar-refractivity contribution in [3.8, 4) is 0 Å². The molecular weight excluding hydrogens is 322 g/mol. The molecule has 1 aromatic heterocycles. The molecule has 0 bridgehead atoms. The third-order valence-corrected chi connectivity index (χ3v) is 4.08. The number of anilines is 1. The molecule has 0 atom stereocenters. The summed E-state index contributed by atoms with van der Waals surface area (Å²) in [6.45, 7) is 0.463. The van der Waals surface area contributed by atoms with Crippen molar-refractivity contribution in [3.63, 3.8) is 0 Å². The Morgan fingerprint density at radius 2 is 2.00 bits per heavy atom. The smallest absolute Gasteiger partial charge is 0.257 e. The molecule has 0 aliphatic carbocycles. The Balaban J connectivity index is 1.81. The van der Waals surface area contributed by atoms with Crippen LogP contribution < -0.4 is 5.32 Å². The summed E-state index contributed by atoms with van der Waals surface area (Å²) in [6, 6.07) is 8.85. The number of carbonyl (C=O) groups is 1. The molecule has 1 N–H and O–H groups in total. The van der Waals surface area contributed by atoms with Crippen LogP contribution in [0.25, 0.3) is 10.2 Å². The summed E-state index contributed by atoms with van der Waals surface area (Å²) >= 11 is 1.02. The zero-order valence-electron chi connectivity index (χ0n) is 12.1. The van der Waals surface area contributed by atoms with E-state index in [1.807, 2.05) is 0 Å². The number of fused-ring (bicyclic) bond motifs is 1. The Bertz CT molecular complexity index is 862. The zero-order valence-corrected chi connectivity index (χ0v) is 12.9. The molecule has 2 aromatic carbocycles. The largest absolute Gasteiger partial charge is 0.380 e. The highest BCUT2D eigenvalue weighted by atomic mass is 32.1. The van der Waals surface area contributed by atoms with Crippen LogP contribution in [-0.4, -0.2) is 18.0 Å². The van der Waals surface area contributed by atoms with Gasteiger partial charge in [-0.1, -0.05) is 23.5 Å². The van der Waals surface area contributed by atoms with Crippen molar-refractivity contribution in [1.82, 2.24) is 4.98 Å². The van der Waals surface area contributed by atoms with E-state index in [0.29, 0.717) is 16.9 Å². The molecule has 3 rings (SSSR count). The van der Waals surface area contributed by atoms with Crippen LogP contribution in [-0.2, 0) is 11.3 Å². The van der Waals surface area contributed by atoms with Gasteiger partial charge in [-0.25, -0.2) is 13.8 Å². The van der Waals surface area contributed by atoms with Crippen LogP contribution in [0.1, 0.15) is 15.9 Å². The van der Waals surface area contributed by atoms with E-state index >= 15 is 0 Å². The second-order valence-electron chi connectivity index (χ2n) is 4.84. The second-order valence-corrected chi connectivity index (χ2v) is 5.87. The first kappa shape index (κ1) is 15.5. The molecule has 118 valence electrons. The molecule has 0 aliphatic heterocycles. The number of ether oxygens (including phenoxy) is 1. The quantitative estimate of drug-likeness (QED) is 0.785. The van der Waals surface area contributed by atoms with Crippen LogP contribution in [0.5, 0.6) is 0 Å². The van der Waals surface area contributed by atoms with Crippen molar-refractivity contribution in [3.05, 3.63) is 59.2 Å². The molecule has 0 saturated heterocycles. The molecule has 0 saturated carbocycles. The van der Waals surface area contributed by atoms with Crippen LogP contribution in [0.15, 0.2) is 36.4 Å². The molecule has 4 nitrogen and oxygen atoms in total. The minimum absolute atomic E-state index is 0.0437. The van der Waals surface area contributed by atoms with E-state index in [0.717, 1.165) is 23.0 Å². The van der Waals surface area contributed by atoms with E-state index in [1.165, 1.54) is 6.07 Å². The van der Waals surface area contributed by atoms with Gasteiger partial charge in [0.05, 0.1) is 11.3 Å². The average molecular weight is 334 g/mol. The lowest BCUT2D eigenvalue weighted by Gasteiger charge is -2.03. The number of halogens is 2. The van der Waals surface area contributed by atoms with E-state index in [4.69, 9.17) is 4.74 Å². The van der Waals surface area contributed by atoms with E-state index in [2.05, 4.69) is 10.3 Å². The van der Waals surface area contributed by atoms with Gasteiger partial charge in [-0.3, -0.25) is 10.1 Å². The Hall–Kier alpha value is -2.38. The Kier molecular flexibility index (Phi) is 4.31. The van der Waals surface area contributed by atoms with Gasteiger partial charge in [-0.2, -0.15) is 0 Å². The lowest BCUT2D eigenvalue weighted by molar-refractivity contribution is 0.102. The van der Waals surface area contributed by atoms with Gasteiger partial charge in [0.25, 0.3) is 5.91 Å². The second kappa shape index (κ2) is 6.39. The first-order valence-electron chi connectivity index (χ1n) is 6.71. The van der Waals surface area contributed by atoms with Crippen molar-refractivity contribution in [2.75, 3.05) is 12.4 Å². The number of rotatable bonds is 4. The van der Waals surface area contributed by atoms with E-state index in [1.54, 1.807) is 31.4 Å². The maximum Gasteiger partial charge on any atom is 0.257 e. The summed E-state index contributed by atoms with van der Waals surface area (Å²) in [7, 11) is 1.59. The molecular formula is C16H12F2N2O2S. The highest BCUT2D eigenvalue weighted by Gasteiger charge is 2.13. The van der Waals surface area contributed by atoms with E-state index in [-0.39, 0.29) is 16.6 Å². The van der Waals surface area contributed by atoms with Gasteiger partial charge in [0.1, 0.15) is 11.3 Å². The minimum atomic E-state index is -0.749. The fraction of sp³-hybridized carbons (Fsp3) is 0.125. The first-order valence-corrected chi connectivity index (χ1v) is 7.53. The topological polar surface area (TPSA) is 51.2 Å². The number of thiazole rings is 1. The van der Waals surface area contributed by atoms with E-state index in [9.17, 15) is 13.6 Å². The molecule has 0 unspecified atom stereocenters. The predicted molar refractivity (Wildman–Crippen MR) is 84.6 cm³/mol. The molecule has 0 spiro atoms. The summed E-state index contributed by atoms with van der Waals surface area (Å²) in [5.41, 5.74) is 1.43.